The first-order chi connectivity index (χ1) is 8.61. The van der Waals surface area contributed by atoms with Crippen LogP contribution in [0.5, 0.6) is 0 Å². The van der Waals surface area contributed by atoms with Gasteiger partial charge in [-0.15, -0.1) is 0 Å². The summed E-state index contributed by atoms with van der Waals surface area (Å²) in [5.74, 6) is 0. The summed E-state index contributed by atoms with van der Waals surface area (Å²) in [4.78, 5) is 4.86. The van der Waals surface area contributed by atoms with Gasteiger partial charge in [-0.3, -0.25) is 0 Å². The molecule has 1 fully saturated rings. The number of piperazine rings is 1. The molecule has 3 heteroatoms. The average Bonchev–Trinajstić information content (AvgIpc) is 2.39. The molecule has 0 spiro atoms. The van der Waals surface area contributed by atoms with Crippen LogP contribution in [0.1, 0.15) is 24.2 Å². The Morgan fingerprint density at radius 3 is 2.39 bits per heavy atom. The Hall–Kier alpha value is -1.06. The maximum absolute atomic E-state index is 5.37. The van der Waals surface area contributed by atoms with E-state index in [1.807, 2.05) is 0 Å². The number of benzene rings is 1. The minimum atomic E-state index is 0.172. The van der Waals surface area contributed by atoms with E-state index in [9.17, 15) is 0 Å². The van der Waals surface area contributed by atoms with Crippen LogP contribution in [0.2, 0.25) is 0 Å². The van der Waals surface area contributed by atoms with Crippen molar-refractivity contribution in [3.05, 3.63) is 29.3 Å². The molecular formula is C15H24N2O. The van der Waals surface area contributed by atoms with Crippen molar-refractivity contribution in [2.75, 3.05) is 45.2 Å². The van der Waals surface area contributed by atoms with E-state index in [-0.39, 0.29) is 6.10 Å². The van der Waals surface area contributed by atoms with E-state index in [0.717, 1.165) is 26.2 Å². The van der Waals surface area contributed by atoms with E-state index >= 15 is 0 Å². The zero-order valence-electron chi connectivity index (χ0n) is 11.9. The summed E-state index contributed by atoms with van der Waals surface area (Å²) in [7, 11) is 3.95. The first-order valence-corrected chi connectivity index (χ1v) is 6.68. The highest BCUT2D eigenvalue weighted by Crippen LogP contribution is 2.26. The van der Waals surface area contributed by atoms with Crippen LogP contribution >= 0.6 is 0 Å². The van der Waals surface area contributed by atoms with Crippen molar-refractivity contribution in [2.24, 2.45) is 0 Å². The van der Waals surface area contributed by atoms with E-state index < -0.39 is 0 Å². The molecule has 0 amide bonds. The molecule has 0 bridgehead atoms. The Kier molecular flexibility index (Phi) is 4.25. The quantitative estimate of drug-likeness (QED) is 0.817. The predicted octanol–water partition coefficient (Wildman–Crippen LogP) is 2.45. The number of hydrogen-bond acceptors (Lipinski definition) is 3. The average molecular weight is 248 g/mol. The van der Waals surface area contributed by atoms with Gasteiger partial charge in [-0.25, -0.2) is 0 Å². The third-order valence-corrected chi connectivity index (χ3v) is 3.89. The van der Waals surface area contributed by atoms with Crippen LogP contribution in [0.25, 0.3) is 0 Å². The smallest absolute Gasteiger partial charge is 0.0793 e. The molecule has 1 aliphatic heterocycles. The van der Waals surface area contributed by atoms with E-state index in [2.05, 4.69) is 48.9 Å². The SMILES string of the molecule is COC(C)c1ccc(N2CCN(C)CC2)c(C)c1. The molecule has 100 valence electrons. The van der Waals surface area contributed by atoms with Crippen LogP contribution in [0, 0.1) is 6.92 Å². The summed E-state index contributed by atoms with van der Waals surface area (Å²) in [5.41, 5.74) is 3.98. The number of likely N-dealkylation sites (N-methyl/N-ethyl adjacent to an activating group) is 1. The number of hydrogen-bond donors (Lipinski definition) is 0. The zero-order valence-corrected chi connectivity index (χ0v) is 11.9. The second-order valence-corrected chi connectivity index (χ2v) is 5.21. The lowest BCUT2D eigenvalue weighted by Crippen LogP contribution is -2.44. The Balaban J connectivity index is 2.14. The van der Waals surface area contributed by atoms with E-state index in [1.165, 1.54) is 16.8 Å². The fourth-order valence-electron chi connectivity index (χ4n) is 2.47. The van der Waals surface area contributed by atoms with Crippen molar-refractivity contribution in [2.45, 2.75) is 20.0 Å². The summed E-state index contributed by atoms with van der Waals surface area (Å²) in [6.07, 6.45) is 0.172. The topological polar surface area (TPSA) is 15.7 Å². The van der Waals surface area contributed by atoms with Crippen LogP contribution in [0.3, 0.4) is 0 Å². The molecule has 1 atom stereocenters. The van der Waals surface area contributed by atoms with Gasteiger partial charge >= 0.3 is 0 Å². The van der Waals surface area contributed by atoms with Gasteiger partial charge < -0.3 is 14.5 Å². The van der Waals surface area contributed by atoms with Crippen molar-refractivity contribution < 1.29 is 4.74 Å². The summed E-state index contributed by atoms with van der Waals surface area (Å²) >= 11 is 0. The highest BCUT2D eigenvalue weighted by molar-refractivity contribution is 5.55. The molecule has 2 rings (SSSR count). The van der Waals surface area contributed by atoms with Gasteiger partial charge in [-0.2, -0.15) is 0 Å². The standard InChI is InChI=1S/C15H24N2O/c1-12-11-14(13(2)18-4)5-6-15(12)17-9-7-16(3)8-10-17/h5-6,11,13H,7-10H2,1-4H3. The molecule has 1 aliphatic rings. The van der Waals surface area contributed by atoms with Gasteiger partial charge in [0.05, 0.1) is 6.10 Å². The zero-order chi connectivity index (χ0) is 13.1. The number of rotatable bonds is 3. The largest absolute Gasteiger partial charge is 0.377 e. The highest BCUT2D eigenvalue weighted by atomic mass is 16.5. The molecule has 0 saturated carbocycles. The second kappa shape index (κ2) is 5.72. The molecule has 0 aromatic heterocycles. The molecule has 1 aromatic rings. The van der Waals surface area contributed by atoms with Gasteiger partial charge in [-0.1, -0.05) is 12.1 Å². The molecule has 1 aromatic carbocycles. The molecular weight excluding hydrogens is 224 g/mol. The van der Waals surface area contributed by atoms with Crippen molar-refractivity contribution in [3.8, 4) is 0 Å². The normalized spacial score (nSPS) is 19.0. The number of nitrogens with zero attached hydrogens (tertiary/aromatic N) is 2. The molecule has 3 nitrogen and oxygen atoms in total. The molecule has 1 saturated heterocycles. The van der Waals surface area contributed by atoms with Crippen molar-refractivity contribution in [3.63, 3.8) is 0 Å². The van der Waals surface area contributed by atoms with Gasteiger partial charge in [0.15, 0.2) is 0 Å². The minimum Gasteiger partial charge on any atom is -0.377 e. The van der Waals surface area contributed by atoms with Crippen LogP contribution in [0.15, 0.2) is 18.2 Å². The molecule has 0 radical (unpaired) electrons. The summed E-state index contributed by atoms with van der Waals surface area (Å²) in [6.45, 7) is 8.82. The molecule has 18 heavy (non-hydrogen) atoms. The first kappa shape index (κ1) is 13.4. The summed E-state index contributed by atoms with van der Waals surface area (Å²) in [5, 5.41) is 0. The Bertz CT molecular complexity index is 397. The number of aryl methyl sites for hydroxylation is 1. The summed E-state index contributed by atoms with van der Waals surface area (Å²) in [6, 6.07) is 6.68. The van der Waals surface area contributed by atoms with Crippen LogP contribution < -0.4 is 4.90 Å². The first-order valence-electron chi connectivity index (χ1n) is 6.68. The Morgan fingerprint density at radius 1 is 1.17 bits per heavy atom. The van der Waals surface area contributed by atoms with E-state index in [4.69, 9.17) is 4.74 Å². The van der Waals surface area contributed by atoms with Crippen molar-refractivity contribution >= 4 is 5.69 Å². The Labute approximate surface area is 110 Å². The number of methoxy groups -OCH3 is 1. The number of ether oxygens (including phenoxy) is 1. The van der Waals surface area contributed by atoms with Gasteiger partial charge in [0, 0.05) is 39.0 Å². The van der Waals surface area contributed by atoms with Crippen LogP contribution in [-0.2, 0) is 4.74 Å². The van der Waals surface area contributed by atoms with E-state index in [1.54, 1.807) is 7.11 Å². The maximum Gasteiger partial charge on any atom is 0.0793 e. The third kappa shape index (κ3) is 2.85. The van der Waals surface area contributed by atoms with E-state index in [0.29, 0.717) is 0 Å². The van der Waals surface area contributed by atoms with Gasteiger partial charge in [0.2, 0.25) is 0 Å². The third-order valence-electron chi connectivity index (χ3n) is 3.89. The van der Waals surface area contributed by atoms with Crippen molar-refractivity contribution in [1.82, 2.24) is 4.90 Å². The fraction of sp³-hybridized carbons (Fsp3) is 0.600. The second-order valence-electron chi connectivity index (χ2n) is 5.21. The van der Waals surface area contributed by atoms with Gasteiger partial charge in [0.1, 0.15) is 0 Å². The van der Waals surface area contributed by atoms with Gasteiger partial charge in [0.25, 0.3) is 0 Å². The molecule has 1 unspecified atom stereocenters. The predicted molar refractivity (Wildman–Crippen MR) is 76.3 cm³/mol. The molecule has 0 aliphatic carbocycles. The van der Waals surface area contributed by atoms with Crippen LogP contribution in [-0.4, -0.2) is 45.2 Å². The van der Waals surface area contributed by atoms with Gasteiger partial charge in [-0.05, 0) is 38.1 Å². The lowest BCUT2D eigenvalue weighted by molar-refractivity contribution is 0.119. The summed E-state index contributed by atoms with van der Waals surface area (Å²) < 4.78 is 5.37. The van der Waals surface area contributed by atoms with Crippen LogP contribution in [0.4, 0.5) is 5.69 Å². The fourth-order valence-corrected chi connectivity index (χ4v) is 2.47. The molecule has 1 heterocycles. The lowest BCUT2D eigenvalue weighted by atomic mass is 10.0. The highest BCUT2D eigenvalue weighted by Gasteiger charge is 2.16. The Morgan fingerprint density at radius 2 is 1.83 bits per heavy atom. The molecule has 0 N–H and O–H groups in total. The number of anilines is 1. The minimum absolute atomic E-state index is 0.172. The maximum atomic E-state index is 5.37. The van der Waals surface area contributed by atoms with Crippen molar-refractivity contribution in [1.29, 1.82) is 0 Å². The lowest BCUT2D eigenvalue weighted by Gasteiger charge is -2.35. The monoisotopic (exact) mass is 248 g/mol.